The monoisotopic (exact) mass is 312 g/mol. The van der Waals surface area contributed by atoms with Crippen molar-refractivity contribution in [3.8, 4) is 0 Å². The van der Waals surface area contributed by atoms with Crippen LogP contribution in [0.25, 0.3) is 0 Å². The molecule has 2 nitrogen and oxygen atoms in total. The van der Waals surface area contributed by atoms with E-state index in [4.69, 9.17) is 0 Å². The molecule has 0 aromatic heterocycles. The number of Topliss-reactive ketones (excluding diaryl/α,β-unsaturated/α-hetero) is 2. The van der Waals surface area contributed by atoms with Crippen LogP contribution in [0.5, 0.6) is 0 Å². The summed E-state index contributed by atoms with van der Waals surface area (Å²) in [7, 11) is 0. The summed E-state index contributed by atoms with van der Waals surface area (Å²) in [5.41, 5.74) is 2.22. The van der Waals surface area contributed by atoms with Gasteiger partial charge in [-0.15, -0.1) is 11.8 Å². The van der Waals surface area contributed by atoms with Gasteiger partial charge in [-0.1, -0.05) is 60.7 Å². The molecular formula is C19H20O2S. The number of hydrogen-bond acceptors (Lipinski definition) is 3. The van der Waals surface area contributed by atoms with Crippen LogP contribution in [-0.2, 0) is 15.3 Å². The second-order valence-electron chi connectivity index (χ2n) is 5.33. The molecule has 0 saturated carbocycles. The van der Waals surface area contributed by atoms with E-state index < -0.39 is 5.92 Å². The highest BCUT2D eigenvalue weighted by molar-refractivity contribution is 7.98. The second kappa shape index (κ2) is 7.95. The van der Waals surface area contributed by atoms with E-state index in [-0.39, 0.29) is 16.8 Å². The minimum absolute atomic E-state index is 0.0677. The topological polar surface area (TPSA) is 34.1 Å². The van der Waals surface area contributed by atoms with Gasteiger partial charge in [-0.05, 0) is 25.0 Å². The molecule has 22 heavy (non-hydrogen) atoms. The lowest BCUT2D eigenvalue weighted by molar-refractivity contribution is -0.130. The summed E-state index contributed by atoms with van der Waals surface area (Å²) in [6.07, 6.45) is 0. The van der Waals surface area contributed by atoms with Crippen molar-refractivity contribution in [2.45, 2.75) is 24.9 Å². The Balaban J connectivity index is 2.25. The summed E-state index contributed by atoms with van der Waals surface area (Å²) >= 11 is 1.65. The van der Waals surface area contributed by atoms with Gasteiger partial charge in [-0.3, -0.25) is 9.59 Å². The Morgan fingerprint density at radius 1 is 0.864 bits per heavy atom. The van der Waals surface area contributed by atoms with Crippen LogP contribution < -0.4 is 0 Å². The van der Waals surface area contributed by atoms with Crippen LogP contribution in [0.3, 0.4) is 0 Å². The lowest BCUT2D eigenvalue weighted by Gasteiger charge is -2.23. The van der Waals surface area contributed by atoms with Crippen molar-refractivity contribution in [2.24, 2.45) is 5.92 Å². The van der Waals surface area contributed by atoms with Gasteiger partial charge in [0.1, 0.15) is 11.6 Å². The molecule has 2 aromatic rings. The van der Waals surface area contributed by atoms with Crippen molar-refractivity contribution in [1.82, 2.24) is 0 Å². The van der Waals surface area contributed by atoms with Crippen LogP contribution in [0.1, 0.15) is 30.2 Å². The van der Waals surface area contributed by atoms with Gasteiger partial charge in [-0.25, -0.2) is 0 Å². The van der Waals surface area contributed by atoms with Gasteiger partial charge in [-0.2, -0.15) is 0 Å². The number of rotatable bonds is 7. The number of hydrogen-bond donors (Lipinski definition) is 0. The molecule has 0 aliphatic heterocycles. The summed E-state index contributed by atoms with van der Waals surface area (Å²) in [6.45, 7) is 3.01. The van der Waals surface area contributed by atoms with E-state index in [2.05, 4.69) is 12.1 Å². The van der Waals surface area contributed by atoms with E-state index in [1.54, 1.807) is 11.8 Å². The first-order valence-corrected chi connectivity index (χ1v) is 8.36. The molecule has 0 fully saturated rings. The minimum Gasteiger partial charge on any atom is -0.299 e. The first-order valence-electron chi connectivity index (χ1n) is 7.31. The fourth-order valence-corrected chi connectivity index (χ4v) is 3.99. The largest absolute Gasteiger partial charge is 0.299 e. The third-order valence-corrected chi connectivity index (χ3v) is 4.98. The van der Waals surface area contributed by atoms with Crippen LogP contribution >= 0.6 is 11.8 Å². The first-order chi connectivity index (χ1) is 10.6. The molecule has 2 rings (SSSR count). The Morgan fingerprint density at radius 2 is 1.36 bits per heavy atom. The lowest BCUT2D eigenvalue weighted by atomic mass is 9.92. The SMILES string of the molecule is CC(=O)C(C(C)=O)[C@@H](SCc1ccccc1)c1ccccc1. The molecule has 0 aliphatic rings. The molecule has 2 aromatic carbocycles. The smallest absolute Gasteiger partial charge is 0.141 e. The van der Waals surface area contributed by atoms with Crippen LogP contribution in [0.4, 0.5) is 0 Å². The van der Waals surface area contributed by atoms with Gasteiger partial charge in [0.2, 0.25) is 0 Å². The number of carbonyl (C=O) groups is 2. The Bertz CT molecular complexity index is 608. The fraction of sp³-hybridized carbons (Fsp3) is 0.263. The molecule has 3 heteroatoms. The molecule has 0 heterocycles. The molecule has 0 amide bonds. The Kier molecular flexibility index (Phi) is 5.96. The Labute approximate surface area is 135 Å². The summed E-state index contributed by atoms with van der Waals surface area (Å²) in [5.74, 6) is 0.0530. The zero-order valence-corrected chi connectivity index (χ0v) is 13.7. The summed E-state index contributed by atoms with van der Waals surface area (Å²) in [6, 6.07) is 19.9. The zero-order valence-electron chi connectivity index (χ0n) is 12.9. The van der Waals surface area contributed by atoms with E-state index in [1.807, 2.05) is 48.5 Å². The minimum atomic E-state index is -0.587. The molecule has 0 bridgehead atoms. The number of benzene rings is 2. The highest BCUT2D eigenvalue weighted by Gasteiger charge is 2.31. The summed E-state index contributed by atoms with van der Waals surface area (Å²) in [4.78, 5) is 24.0. The Morgan fingerprint density at radius 3 is 1.86 bits per heavy atom. The van der Waals surface area contributed by atoms with Gasteiger partial charge >= 0.3 is 0 Å². The fourth-order valence-electron chi connectivity index (χ4n) is 2.50. The van der Waals surface area contributed by atoms with Crippen molar-refractivity contribution in [3.63, 3.8) is 0 Å². The zero-order chi connectivity index (χ0) is 15.9. The molecule has 0 unspecified atom stereocenters. The molecule has 1 atom stereocenters. The number of carbonyl (C=O) groups excluding carboxylic acids is 2. The van der Waals surface area contributed by atoms with E-state index in [0.717, 1.165) is 11.3 Å². The standard InChI is InChI=1S/C19H20O2S/c1-14(20)18(15(2)21)19(17-11-7-4-8-12-17)22-13-16-9-5-3-6-10-16/h3-12,18-19H,13H2,1-2H3/t19-/m0/s1. The summed E-state index contributed by atoms with van der Waals surface area (Å²) < 4.78 is 0. The van der Waals surface area contributed by atoms with Crippen molar-refractivity contribution in [1.29, 1.82) is 0 Å². The molecule has 0 N–H and O–H groups in total. The van der Waals surface area contributed by atoms with Crippen molar-refractivity contribution in [2.75, 3.05) is 0 Å². The molecule has 0 spiro atoms. The van der Waals surface area contributed by atoms with Crippen LogP contribution in [-0.4, -0.2) is 11.6 Å². The van der Waals surface area contributed by atoms with Crippen LogP contribution in [0.15, 0.2) is 60.7 Å². The molecular weight excluding hydrogens is 292 g/mol. The lowest BCUT2D eigenvalue weighted by Crippen LogP contribution is -2.25. The molecule has 0 radical (unpaired) electrons. The number of ketones is 2. The molecule has 114 valence electrons. The maximum Gasteiger partial charge on any atom is 0.141 e. The van der Waals surface area contributed by atoms with Gasteiger partial charge < -0.3 is 0 Å². The van der Waals surface area contributed by atoms with Gasteiger partial charge in [0.05, 0.1) is 5.92 Å². The van der Waals surface area contributed by atoms with Crippen LogP contribution in [0, 0.1) is 5.92 Å². The van der Waals surface area contributed by atoms with E-state index in [0.29, 0.717) is 0 Å². The molecule has 0 aliphatic carbocycles. The van der Waals surface area contributed by atoms with Crippen LogP contribution in [0.2, 0.25) is 0 Å². The quantitative estimate of drug-likeness (QED) is 0.708. The van der Waals surface area contributed by atoms with E-state index >= 15 is 0 Å². The highest BCUT2D eigenvalue weighted by atomic mass is 32.2. The average molecular weight is 312 g/mol. The highest BCUT2D eigenvalue weighted by Crippen LogP contribution is 2.38. The van der Waals surface area contributed by atoms with Gasteiger partial charge in [0.15, 0.2) is 0 Å². The van der Waals surface area contributed by atoms with E-state index in [1.165, 1.54) is 19.4 Å². The van der Waals surface area contributed by atoms with Crippen molar-refractivity contribution >= 4 is 23.3 Å². The normalized spacial score (nSPS) is 12.1. The second-order valence-corrected chi connectivity index (χ2v) is 6.46. The van der Waals surface area contributed by atoms with Crippen molar-refractivity contribution < 1.29 is 9.59 Å². The predicted molar refractivity (Wildman–Crippen MR) is 91.8 cm³/mol. The Hall–Kier alpha value is -1.87. The molecule has 0 saturated heterocycles. The third-order valence-electron chi connectivity index (χ3n) is 3.58. The summed E-state index contributed by atoms with van der Waals surface area (Å²) in [5, 5.41) is -0.142. The van der Waals surface area contributed by atoms with E-state index in [9.17, 15) is 9.59 Å². The maximum absolute atomic E-state index is 12.0. The van der Waals surface area contributed by atoms with Gasteiger partial charge in [0, 0.05) is 11.0 Å². The van der Waals surface area contributed by atoms with Crippen molar-refractivity contribution in [3.05, 3.63) is 71.8 Å². The third kappa shape index (κ3) is 4.31. The maximum atomic E-state index is 12.0. The average Bonchev–Trinajstić information content (AvgIpc) is 2.52. The number of thioether (sulfide) groups is 1. The predicted octanol–water partition coefficient (Wildman–Crippen LogP) is 4.46. The van der Waals surface area contributed by atoms with Gasteiger partial charge in [0.25, 0.3) is 0 Å². The first kappa shape index (κ1) is 16.5.